The lowest BCUT2D eigenvalue weighted by Gasteiger charge is -2.03. The van der Waals surface area contributed by atoms with Crippen molar-refractivity contribution in [1.82, 2.24) is 20.5 Å². The number of nitrogens with one attached hydrogen (secondary N) is 1. The first-order valence-corrected chi connectivity index (χ1v) is 8.49. The average Bonchev–Trinajstić information content (AvgIpc) is 3.13. The Morgan fingerprint density at radius 1 is 1.24 bits per heavy atom. The van der Waals surface area contributed by atoms with Gasteiger partial charge < -0.3 is 14.5 Å². The minimum Gasteiger partial charge on any atom is -0.497 e. The van der Waals surface area contributed by atoms with Gasteiger partial charge in [0.25, 0.3) is 11.1 Å². The Balaban J connectivity index is 1.50. The molecule has 0 saturated heterocycles. The van der Waals surface area contributed by atoms with Gasteiger partial charge in [-0.1, -0.05) is 17.8 Å². The molecule has 1 amide bonds. The number of nitrogens with zero attached hydrogens (tertiary/aromatic N) is 3. The smallest absolute Gasteiger partial charge is 0.276 e. The minimum atomic E-state index is -0.217. The topological polar surface area (TPSA) is 90.1 Å². The summed E-state index contributed by atoms with van der Waals surface area (Å²) in [4.78, 5) is 16.1. The molecule has 0 bridgehead atoms. The number of pyridine rings is 1. The fourth-order valence-corrected chi connectivity index (χ4v) is 2.71. The number of amides is 1. The first-order chi connectivity index (χ1) is 12.2. The Bertz CT molecular complexity index is 821. The van der Waals surface area contributed by atoms with Gasteiger partial charge in [-0.3, -0.25) is 9.78 Å². The Morgan fingerprint density at radius 2 is 2.08 bits per heavy atom. The summed E-state index contributed by atoms with van der Waals surface area (Å²) in [5.41, 5.74) is 1.60. The molecule has 2 heterocycles. The van der Waals surface area contributed by atoms with Gasteiger partial charge in [-0.2, -0.15) is 0 Å². The van der Waals surface area contributed by atoms with Crippen LogP contribution in [0.25, 0.3) is 0 Å². The van der Waals surface area contributed by atoms with Crippen LogP contribution in [0.1, 0.15) is 21.8 Å². The molecule has 8 heteroatoms. The lowest BCUT2D eigenvalue weighted by Crippen LogP contribution is -2.22. The third-order valence-corrected chi connectivity index (χ3v) is 4.18. The van der Waals surface area contributed by atoms with E-state index < -0.39 is 0 Å². The van der Waals surface area contributed by atoms with E-state index in [1.54, 1.807) is 43.8 Å². The Kier molecular flexibility index (Phi) is 5.63. The van der Waals surface area contributed by atoms with Crippen LogP contribution >= 0.6 is 11.8 Å². The lowest BCUT2D eigenvalue weighted by molar-refractivity contribution is 0.0946. The minimum absolute atomic E-state index is 0.172. The monoisotopic (exact) mass is 356 g/mol. The summed E-state index contributed by atoms with van der Waals surface area (Å²) >= 11 is 1.42. The molecule has 2 aromatic heterocycles. The van der Waals surface area contributed by atoms with Crippen molar-refractivity contribution < 1.29 is 13.9 Å². The average molecular weight is 356 g/mol. The quantitative estimate of drug-likeness (QED) is 0.651. The maximum atomic E-state index is 12.1. The molecular weight excluding hydrogens is 340 g/mol. The Hall–Kier alpha value is -2.87. The molecule has 0 fully saturated rings. The first kappa shape index (κ1) is 17.0. The molecule has 0 aliphatic carbocycles. The van der Waals surface area contributed by atoms with Crippen molar-refractivity contribution in [2.45, 2.75) is 17.5 Å². The third-order valence-electron chi connectivity index (χ3n) is 3.29. The molecule has 0 saturated carbocycles. The highest BCUT2D eigenvalue weighted by Gasteiger charge is 2.10. The second kappa shape index (κ2) is 8.29. The molecule has 1 N–H and O–H groups in total. The van der Waals surface area contributed by atoms with Crippen molar-refractivity contribution in [1.29, 1.82) is 0 Å². The number of methoxy groups -OCH3 is 1. The van der Waals surface area contributed by atoms with Crippen molar-refractivity contribution in [3.63, 3.8) is 0 Å². The predicted octanol–water partition coefficient (Wildman–Crippen LogP) is 2.70. The molecule has 1 aromatic carbocycles. The van der Waals surface area contributed by atoms with E-state index in [1.165, 1.54) is 11.8 Å². The molecule has 128 valence electrons. The van der Waals surface area contributed by atoms with Crippen LogP contribution in [0, 0.1) is 0 Å². The second-order valence-corrected chi connectivity index (χ2v) is 5.95. The zero-order valence-corrected chi connectivity index (χ0v) is 14.3. The van der Waals surface area contributed by atoms with E-state index in [9.17, 15) is 4.79 Å². The van der Waals surface area contributed by atoms with Gasteiger partial charge in [0.05, 0.1) is 13.7 Å². The van der Waals surface area contributed by atoms with E-state index >= 15 is 0 Å². The van der Waals surface area contributed by atoms with Crippen LogP contribution in [-0.2, 0) is 12.3 Å². The summed E-state index contributed by atoms with van der Waals surface area (Å²) in [5.74, 6) is 1.53. The summed E-state index contributed by atoms with van der Waals surface area (Å²) in [6.45, 7) is 0.172. The maximum Gasteiger partial charge on any atom is 0.276 e. The number of carbonyl (C=O) groups is 1. The number of hydrogen-bond acceptors (Lipinski definition) is 7. The zero-order chi connectivity index (χ0) is 17.5. The Morgan fingerprint density at radius 3 is 2.80 bits per heavy atom. The van der Waals surface area contributed by atoms with Crippen LogP contribution in [-0.4, -0.2) is 28.2 Å². The van der Waals surface area contributed by atoms with Crippen LogP contribution in [0.5, 0.6) is 5.75 Å². The van der Waals surface area contributed by atoms with E-state index in [0.717, 1.165) is 5.56 Å². The second-order valence-electron chi connectivity index (χ2n) is 5.02. The predicted molar refractivity (Wildman–Crippen MR) is 92.3 cm³/mol. The van der Waals surface area contributed by atoms with Gasteiger partial charge in [0.2, 0.25) is 5.89 Å². The highest BCUT2D eigenvalue weighted by atomic mass is 32.2. The molecule has 0 aliphatic heterocycles. The van der Waals surface area contributed by atoms with Crippen molar-refractivity contribution in [2.24, 2.45) is 0 Å². The van der Waals surface area contributed by atoms with Gasteiger partial charge in [-0.15, -0.1) is 10.2 Å². The summed E-state index contributed by atoms with van der Waals surface area (Å²) in [7, 11) is 1.58. The van der Waals surface area contributed by atoms with Crippen LogP contribution in [0.4, 0.5) is 0 Å². The molecule has 0 radical (unpaired) electrons. The van der Waals surface area contributed by atoms with Crippen molar-refractivity contribution in [3.05, 3.63) is 65.8 Å². The normalized spacial score (nSPS) is 10.4. The molecular formula is C17H16N4O3S. The highest BCUT2D eigenvalue weighted by molar-refractivity contribution is 7.98. The number of thioether (sulfide) groups is 1. The molecule has 0 unspecified atom stereocenters. The lowest BCUT2D eigenvalue weighted by atomic mass is 10.2. The van der Waals surface area contributed by atoms with Crippen LogP contribution in [0.3, 0.4) is 0 Å². The molecule has 0 aliphatic rings. The van der Waals surface area contributed by atoms with Gasteiger partial charge >= 0.3 is 0 Å². The summed E-state index contributed by atoms with van der Waals surface area (Å²) in [6, 6.07) is 10.7. The first-order valence-electron chi connectivity index (χ1n) is 7.51. The van der Waals surface area contributed by atoms with E-state index in [2.05, 4.69) is 20.5 Å². The number of benzene rings is 1. The van der Waals surface area contributed by atoms with Crippen LogP contribution in [0.2, 0.25) is 0 Å². The van der Waals surface area contributed by atoms with E-state index in [1.807, 2.05) is 12.1 Å². The molecule has 3 rings (SSSR count). The fraction of sp³-hybridized carbons (Fsp3) is 0.176. The standard InChI is InChI=1S/C17H16N4O3S/c1-23-14-6-4-13(5-7-14)16(22)19-10-15-20-21-17(24-15)25-11-12-3-2-8-18-9-12/h2-9H,10-11H2,1H3,(H,19,22). The van der Waals surface area contributed by atoms with Crippen LogP contribution < -0.4 is 10.1 Å². The van der Waals surface area contributed by atoms with Gasteiger partial charge in [0.15, 0.2) is 0 Å². The maximum absolute atomic E-state index is 12.1. The van der Waals surface area contributed by atoms with E-state index in [0.29, 0.717) is 28.2 Å². The van der Waals surface area contributed by atoms with E-state index in [4.69, 9.17) is 9.15 Å². The molecule has 7 nitrogen and oxygen atoms in total. The van der Waals surface area contributed by atoms with E-state index in [-0.39, 0.29) is 12.5 Å². The highest BCUT2D eigenvalue weighted by Crippen LogP contribution is 2.20. The largest absolute Gasteiger partial charge is 0.497 e. The number of hydrogen-bond donors (Lipinski definition) is 1. The van der Waals surface area contributed by atoms with Gasteiger partial charge in [0, 0.05) is 23.7 Å². The number of carbonyl (C=O) groups excluding carboxylic acids is 1. The number of ether oxygens (including phenoxy) is 1. The summed E-state index contributed by atoms with van der Waals surface area (Å²) < 4.78 is 10.6. The molecule has 0 spiro atoms. The van der Waals surface area contributed by atoms with Gasteiger partial charge in [-0.25, -0.2) is 0 Å². The van der Waals surface area contributed by atoms with Crippen molar-refractivity contribution in [2.75, 3.05) is 7.11 Å². The third kappa shape index (κ3) is 4.80. The van der Waals surface area contributed by atoms with Crippen molar-refractivity contribution >= 4 is 17.7 Å². The fourth-order valence-electron chi connectivity index (χ4n) is 2.00. The van der Waals surface area contributed by atoms with Crippen LogP contribution in [0.15, 0.2) is 58.4 Å². The summed E-state index contributed by atoms with van der Waals surface area (Å²) in [6.07, 6.45) is 3.52. The van der Waals surface area contributed by atoms with Gasteiger partial charge in [-0.05, 0) is 35.9 Å². The molecule has 25 heavy (non-hydrogen) atoms. The Labute approximate surface area is 148 Å². The van der Waals surface area contributed by atoms with Crippen molar-refractivity contribution in [3.8, 4) is 5.75 Å². The SMILES string of the molecule is COc1ccc(C(=O)NCc2nnc(SCc3cccnc3)o2)cc1. The van der Waals surface area contributed by atoms with Gasteiger partial charge in [0.1, 0.15) is 5.75 Å². The molecule has 3 aromatic rings. The zero-order valence-electron chi connectivity index (χ0n) is 13.5. The number of rotatable bonds is 7. The number of aromatic nitrogens is 3. The summed E-state index contributed by atoms with van der Waals surface area (Å²) in [5, 5.41) is 11.1. The molecule has 0 atom stereocenters.